The Morgan fingerprint density at radius 3 is 2.67 bits per heavy atom. The van der Waals surface area contributed by atoms with E-state index in [1.807, 2.05) is 11.8 Å². The first-order valence-electron chi connectivity index (χ1n) is 6.31. The molecule has 1 unspecified atom stereocenters. The van der Waals surface area contributed by atoms with Gasteiger partial charge in [0, 0.05) is 12.3 Å². The molecule has 0 bridgehead atoms. The molecule has 1 atom stereocenters. The summed E-state index contributed by atoms with van der Waals surface area (Å²) in [5, 5.41) is 9.84. The van der Waals surface area contributed by atoms with Crippen molar-refractivity contribution in [2.75, 3.05) is 31.1 Å². The summed E-state index contributed by atoms with van der Waals surface area (Å²) in [7, 11) is 0. The number of β-amino-alcohol motifs (C(OH)–C–C–N with tert-alkyl or cyclic N) is 1. The fourth-order valence-corrected chi connectivity index (χ4v) is 3.00. The normalized spacial score (nSPS) is 20.4. The first-order valence-corrected chi connectivity index (χ1v) is 7.46. The number of piperidine rings is 1. The highest BCUT2D eigenvalue weighted by Gasteiger charge is 2.14. The number of hydrogen-bond donors (Lipinski definition) is 1. The minimum Gasteiger partial charge on any atom is -0.391 e. The van der Waals surface area contributed by atoms with Crippen molar-refractivity contribution in [1.29, 1.82) is 0 Å². The Bertz CT molecular complexity index is 149. The molecule has 0 aliphatic carbocycles. The van der Waals surface area contributed by atoms with Gasteiger partial charge in [-0.3, -0.25) is 0 Å². The minimum atomic E-state index is -0.120. The molecule has 1 aliphatic rings. The molecule has 1 aliphatic heterocycles. The Labute approximate surface area is 98.4 Å². The molecule has 3 heteroatoms. The quantitative estimate of drug-likeness (QED) is 0.681. The average molecular weight is 231 g/mol. The smallest absolute Gasteiger partial charge is 0.0757 e. The van der Waals surface area contributed by atoms with E-state index in [0.717, 1.165) is 12.3 Å². The summed E-state index contributed by atoms with van der Waals surface area (Å²) < 4.78 is 0. The van der Waals surface area contributed by atoms with Gasteiger partial charge >= 0.3 is 0 Å². The zero-order valence-electron chi connectivity index (χ0n) is 9.95. The van der Waals surface area contributed by atoms with Crippen molar-refractivity contribution in [2.24, 2.45) is 0 Å². The number of hydrogen-bond acceptors (Lipinski definition) is 3. The molecule has 1 heterocycles. The summed E-state index contributed by atoms with van der Waals surface area (Å²) in [6.45, 7) is 5.48. The summed E-state index contributed by atoms with van der Waals surface area (Å²) in [6, 6.07) is 0. The van der Waals surface area contributed by atoms with E-state index in [1.54, 1.807) is 0 Å². The average Bonchev–Trinajstić information content (AvgIpc) is 2.26. The van der Waals surface area contributed by atoms with Crippen LogP contribution in [-0.2, 0) is 0 Å². The third kappa shape index (κ3) is 6.44. The van der Waals surface area contributed by atoms with Crippen molar-refractivity contribution in [3.8, 4) is 0 Å². The van der Waals surface area contributed by atoms with E-state index in [9.17, 15) is 5.11 Å². The molecular formula is C12H25NOS. The minimum absolute atomic E-state index is 0.120. The van der Waals surface area contributed by atoms with Gasteiger partial charge in [-0.25, -0.2) is 0 Å². The summed E-state index contributed by atoms with van der Waals surface area (Å²) >= 11 is 1.90. The summed E-state index contributed by atoms with van der Waals surface area (Å²) in [5.74, 6) is 2.12. The van der Waals surface area contributed by atoms with E-state index < -0.39 is 0 Å². The molecule has 2 nitrogen and oxygen atoms in total. The Morgan fingerprint density at radius 1 is 1.27 bits per heavy atom. The summed E-state index contributed by atoms with van der Waals surface area (Å²) in [5.41, 5.74) is 0. The highest BCUT2D eigenvalue weighted by atomic mass is 32.2. The van der Waals surface area contributed by atoms with Gasteiger partial charge in [0.25, 0.3) is 0 Å². The van der Waals surface area contributed by atoms with Crippen molar-refractivity contribution in [3.63, 3.8) is 0 Å². The van der Waals surface area contributed by atoms with Crippen molar-refractivity contribution >= 4 is 11.8 Å². The van der Waals surface area contributed by atoms with Gasteiger partial charge in [-0.1, -0.05) is 19.8 Å². The van der Waals surface area contributed by atoms with Crippen LogP contribution in [0.25, 0.3) is 0 Å². The van der Waals surface area contributed by atoms with Gasteiger partial charge in [0.15, 0.2) is 0 Å². The second-order valence-corrected chi connectivity index (χ2v) is 5.59. The molecule has 0 radical (unpaired) electrons. The lowest BCUT2D eigenvalue weighted by molar-refractivity contribution is 0.117. The van der Waals surface area contributed by atoms with Crippen molar-refractivity contribution in [3.05, 3.63) is 0 Å². The van der Waals surface area contributed by atoms with Crippen molar-refractivity contribution in [2.45, 2.75) is 45.1 Å². The largest absolute Gasteiger partial charge is 0.391 e. The first kappa shape index (κ1) is 13.3. The maximum atomic E-state index is 9.84. The van der Waals surface area contributed by atoms with Gasteiger partial charge in [0.2, 0.25) is 0 Å². The third-order valence-corrected chi connectivity index (χ3v) is 4.07. The molecule has 1 saturated heterocycles. The van der Waals surface area contributed by atoms with E-state index in [4.69, 9.17) is 0 Å². The van der Waals surface area contributed by atoms with E-state index in [2.05, 4.69) is 11.8 Å². The molecule has 0 aromatic carbocycles. The van der Waals surface area contributed by atoms with Gasteiger partial charge in [-0.15, -0.1) is 0 Å². The van der Waals surface area contributed by atoms with Gasteiger partial charge in [0.05, 0.1) is 6.10 Å². The van der Waals surface area contributed by atoms with E-state index in [0.29, 0.717) is 0 Å². The SMILES string of the molecule is CCCCSCC(O)CN1CCCCC1. The second kappa shape index (κ2) is 8.43. The molecule has 0 aromatic rings. The van der Waals surface area contributed by atoms with E-state index in [-0.39, 0.29) is 6.10 Å². The number of unbranched alkanes of at least 4 members (excludes halogenated alkanes) is 1. The number of likely N-dealkylation sites (tertiary alicyclic amines) is 1. The zero-order valence-corrected chi connectivity index (χ0v) is 10.8. The topological polar surface area (TPSA) is 23.5 Å². The van der Waals surface area contributed by atoms with Crippen LogP contribution in [0.5, 0.6) is 0 Å². The Morgan fingerprint density at radius 2 is 2.00 bits per heavy atom. The summed E-state index contributed by atoms with van der Waals surface area (Å²) in [4.78, 5) is 2.41. The maximum Gasteiger partial charge on any atom is 0.0757 e. The van der Waals surface area contributed by atoms with Crippen LogP contribution in [0.2, 0.25) is 0 Å². The molecule has 1 rings (SSSR count). The highest BCUT2D eigenvalue weighted by Crippen LogP contribution is 2.11. The van der Waals surface area contributed by atoms with Gasteiger partial charge in [-0.2, -0.15) is 11.8 Å². The maximum absolute atomic E-state index is 9.84. The Balaban J connectivity index is 1.98. The van der Waals surface area contributed by atoms with Crippen molar-refractivity contribution in [1.82, 2.24) is 4.90 Å². The molecule has 0 spiro atoms. The van der Waals surface area contributed by atoms with Crippen molar-refractivity contribution < 1.29 is 5.11 Å². The fraction of sp³-hybridized carbons (Fsp3) is 1.00. The van der Waals surface area contributed by atoms with Crippen LogP contribution in [0, 0.1) is 0 Å². The zero-order chi connectivity index (χ0) is 10.9. The van der Waals surface area contributed by atoms with Crippen LogP contribution in [0.3, 0.4) is 0 Å². The fourth-order valence-electron chi connectivity index (χ4n) is 1.96. The summed E-state index contributed by atoms with van der Waals surface area (Å²) in [6.07, 6.45) is 6.42. The van der Waals surface area contributed by atoms with Crippen LogP contribution < -0.4 is 0 Å². The number of aliphatic hydroxyl groups is 1. The molecule has 90 valence electrons. The molecule has 0 amide bonds. The number of rotatable bonds is 7. The molecule has 1 fully saturated rings. The standard InChI is InChI=1S/C12H25NOS/c1-2-3-9-15-11-12(14)10-13-7-5-4-6-8-13/h12,14H,2-11H2,1H3. The van der Waals surface area contributed by atoms with Gasteiger partial charge < -0.3 is 10.0 Å². The Hall–Kier alpha value is 0.270. The van der Waals surface area contributed by atoms with Crippen LogP contribution in [0.4, 0.5) is 0 Å². The van der Waals surface area contributed by atoms with Gasteiger partial charge in [-0.05, 0) is 38.1 Å². The third-order valence-electron chi connectivity index (χ3n) is 2.87. The number of nitrogens with zero attached hydrogens (tertiary/aromatic N) is 1. The molecule has 0 saturated carbocycles. The highest BCUT2D eigenvalue weighted by molar-refractivity contribution is 7.99. The lowest BCUT2D eigenvalue weighted by atomic mass is 10.1. The van der Waals surface area contributed by atoms with Gasteiger partial charge in [0.1, 0.15) is 0 Å². The molecule has 15 heavy (non-hydrogen) atoms. The number of aliphatic hydroxyl groups excluding tert-OH is 1. The van der Waals surface area contributed by atoms with E-state index in [1.165, 1.54) is 50.9 Å². The predicted octanol–water partition coefficient (Wildman–Crippen LogP) is 2.37. The van der Waals surface area contributed by atoms with Crippen LogP contribution >= 0.6 is 11.8 Å². The predicted molar refractivity (Wildman–Crippen MR) is 68.5 cm³/mol. The number of thioether (sulfide) groups is 1. The van der Waals surface area contributed by atoms with Crippen LogP contribution in [-0.4, -0.2) is 47.3 Å². The lowest BCUT2D eigenvalue weighted by Crippen LogP contribution is -2.37. The Kier molecular flexibility index (Phi) is 7.49. The lowest BCUT2D eigenvalue weighted by Gasteiger charge is -2.28. The molecule has 0 aromatic heterocycles. The van der Waals surface area contributed by atoms with Crippen LogP contribution in [0.15, 0.2) is 0 Å². The monoisotopic (exact) mass is 231 g/mol. The molecule has 1 N–H and O–H groups in total. The van der Waals surface area contributed by atoms with E-state index >= 15 is 0 Å². The van der Waals surface area contributed by atoms with Crippen LogP contribution in [0.1, 0.15) is 39.0 Å². The molecular weight excluding hydrogens is 206 g/mol. The second-order valence-electron chi connectivity index (χ2n) is 4.44. The first-order chi connectivity index (χ1) is 7.33.